The Morgan fingerprint density at radius 3 is 2.64 bits per heavy atom. The van der Waals surface area contributed by atoms with Crippen molar-refractivity contribution in [2.24, 2.45) is 0 Å². The van der Waals surface area contributed by atoms with Crippen LogP contribution in [0, 0.1) is 0 Å². The Labute approximate surface area is 130 Å². The average Bonchev–Trinajstić information content (AvgIpc) is 3.05. The van der Waals surface area contributed by atoms with Gasteiger partial charge in [-0.3, -0.25) is 0 Å². The van der Waals surface area contributed by atoms with Gasteiger partial charge < -0.3 is 19.2 Å². The zero-order valence-electron chi connectivity index (χ0n) is 12.9. The van der Waals surface area contributed by atoms with Gasteiger partial charge in [0.1, 0.15) is 17.6 Å². The average molecular weight is 303 g/mol. The van der Waals surface area contributed by atoms with Crippen LogP contribution in [0.2, 0.25) is 0 Å². The molecule has 0 saturated heterocycles. The number of carbonyl (C=O) groups is 1. The summed E-state index contributed by atoms with van der Waals surface area (Å²) in [5, 5.41) is 3.21. The lowest BCUT2D eigenvalue weighted by Gasteiger charge is -2.18. The molecule has 1 atom stereocenters. The van der Waals surface area contributed by atoms with Crippen molar-refractivity contribution in [2.75, 3.05) is 19.0 Å². The minimum atomic E-state index is -0.418. The molecule has 1 aromatic carbocycles. The fourth-order valence-electron chi connectivity index (χ4n) is 2.12. The third kappa shape index (κ3) is 4.55. The third-order valence-corrected chi connectivity index (χ3v) is 3.26. The number of rotatable bonds is 8. The van der Waals surface area contributed by atoms with Crippen LogP contribution < -0.4 is 10.1 Å². The Balaban J connectivity index is 2.00. The van der Waals surface area contributed by atoms with Gasteiger partial charge in [0.2, 0.25) is 0 Å². The van der Waals surface area contributed by atoms with Crippen LogP contribution in [-0.2, 0) is 16.0 Å². The van der Waals surface area contributed by atoms with E-state index in [1.54, 1.807) is 20.3 Å². The topological polar surface area (TPSA) is 60.7 Å². The Morgan fingerprint density at radius 2 is 2.05 bits per heavy atom. The van der Waals surface area contributed by atoms with Gasteiger partial charge in [0.05, 0.1) is 20.0 Å². The summed E-state index contributed by atoms with van der Waals surface area (Å²) in [5.74, 6) is 1.37. The summed E-state index contributed by atoms with van der Waals surface area (Å²) in [5.41, 5.74) is 0.846. The van der Waals surface area contributed by atoms with E-state index in [4.69, 9.17) is 13.9 Å². The van der Waals surface area contributed by atoms with E-state index in [9.17, 15) is 4.79 Å². The number of hydrogen-bond donors (Lipinski definition) is 1. The van der Waals surface area contributed by atoms with E-state index in [1.807, 2.05) is 36.4 Å². The number of benzene rings is 1. The van der Waals surface area contributed by atoms with Crippen molar-refractivity contribution in [3.05, 3.63) is 48.4 Å². The van der Waals surface area contributed by atoms with Gasteiger partial charge in [-0.15, -0.1) is 0 Å². The number of methoxy groups -OCH3 is 1. The number of nitrogens with one attached hydrogen (secondary N) is 1. The molecular weight excluding hydrogens is 282 g/mol. The normalized spacial score (nSPS) is 11.7. The van der Waals surface area contributed by atoms with Crippen LogP contribution in [0.3, 0.4) is 0 Å². The quantitative estimate of drug-likeness (QED) is 0.758. The zero-order valence-corrected chi connectivity index (χ0v) is 12.9. The summed E-state index contributed by atoms with van der Waals surface area (Å²) in [7, 11) is 1.62. The summed E-state index contributed by atoms with van der Waals surface area (Å²) in [6.07, 6.45) is 2.89. The maximum absolute atomic E-state index is 12.1. The Hall–Kier alpha value is -2.43. The van der Waals surface area contributed by atoms with E-state index < -0.39 is 6.04 Å². The van der Waals surface area contributed by atoms with Gasteiger partial charge in [-0.2, -0.15) is 0 Å². The van der Waals surface area contributed by atoms with Crippen LogP contribution in [0.4, 0.5) is 5.69 Å². The number of furan rings is 1. The van der Waals surface area contributed by atoms with Gasteiger partial charge in [-0.1, -0.05) is 0 Å². The van der Waals surface area contributed by atoms with Gasteiger partial charge in [0, 0.05) is 12.1 Å². The number of ether oxygens (including phenoxy) is 2. The van der Waals surface area contributed by atoms with Crippen LogP contribution in [0.1, 0.15) is 19.1 Å². The second-order valence-electron chi connectivity index (χ2n) is 4.80. The van der Waals surface area contributed by atoms with E-state index in [1.165, 1.54) is 0 Å². The molecule has 2 rings (SSSR count). The van der Waals surface area contributed by atoms with Gasteiger partial charge in [-0.05, 0) is 49.7 Å². The van der Waals surface area contributed by atoms with Crippen LogP contribution >= 0.6 is 0 Å². The SMILES string of the molecule is CCOC(=O)C(CCc1ccco1)Nc1ccc(OC)cc1. The highest BCUT2D eigenvalue weighted by molar-refractivity contribution is 5.79. The molecule has 0 amide bonds. The summed E-state index contributed by atoms with van der Waals surface area (Å²) >= 11 is 0. The molecule has 1 unspecified atom stereocenters. The fraction of sp³-hybridized carbons (Fsp3) is 0.353. The Bertz CT molecular complexity index is 563. The summed E-state index contributed by atoms with van der Waals surface area (Å²) in [6, 6.07) is 10.8. The van der Waals surface area contributed by atoms with Crippen molar-refractivity contribution in [3.63, 3.8) is 0 Å². The van der Waals surface area contributed by atoms with Crippen molar-refractivity contribution in [1.82, 2.24) is 0 Å². The number of esters is 1. The molecule has 5 nitrogen and oxygen atoms in total. The molecule has 1 N–H and O–H groups in total. The minimum absolute atomic E-state index is 0.259. The van der Waals surface area contributed by atoms with Crippen molar-refractivity contribution >= 4 is 11.7 Å². The molecule has 0 fully saturated rings. The lowest BCUT2D eigenvalue weighted by molar-refractivity contribution is -0.144. The predicted molar refractivity (Wildman–Crippen MR) is 84.1 cm³/mol. The highest BCUT2D eigenvalue weighted by Crippen LogP contribution is 2.18. The zero-order chi connectivity index (χ0) is 15.8. The van der Waals surface area contributed by atoms with Crippen LogP contribution in [0.15, 0.2) is 47.1 Å². The molecule has 0 saturated carbocycles. The molecule has 5 heteroatoms. The van der Waals surface area contributed by atoms with E-state index in [-0.39, 0.29) is 5.97 Å². The molecule has 1 heterocycles. The van der Waals surface area contributed by atoms with E-state index >= 15 is 0 Å². The molecule has 22 heavy (non-hydrogen) atoms. The minimum Gasteiger partial charge on any atom is -0.497 e. The lowest BCUT2D eigenvalue weighted by atomic mass is 10.1. The van der Waals surface area contributed by atoms with Gasteiger partial charge in [-0.25, -0.2) is 4.79 Å². The molecule has 1 aromatic heterocycles. The van der Waals surface area contributed by atoms with Crippen LogP contribution in [0.25, 0.3) is 0 Å². The van der Waals surface area contributed by atoms with Crippen molar-refractivity contribution in [1.29, 1.82) is 0 Å². The molecule has 0 aliphatic rings. The second-order valence-corrected chi connectivity index (χ2v) is 4.80. The monoisotopic (exact) mass is 303 g/mol. The fourth-order valence-corrected chi connectivity index (χ4v) is 2.12. The Morgan fingerprint density at radius 1 is 1.27 bits per heavy atom. The van der Waals surface area contributed by atoms with Crippen molar-refractivity contribution < 1.29 is 18.7 Å². The van der Waals surface area contributed by atoms with Crippen LogP contribution in [0.5, 0.6) is 5.75 Å². The molecule has 118 valence electrons. The first kappa shape index (κ1) is 15.9. The number of aryl methyl sites for hydroxylation is 1. The van der Waals surface area contributed by atoms with E-state index in [2.05, 4.69) is 5.32 Å². The van der Waals surface area contributed by atoms with Gasteiger partial charge in [0.15, 0.2) is 0 Å². The maximum atomic E-state index is 12.1. The van der Waals surface area contributed by atoms with Gasteiger partial charge in [0.25, 0.3) is 0 Å². The molecule has 0 bridgehead atoms. The number of hydrogen-bond acceptors (Lipinski definition) is 5. The van der Waals surface area contributed by atoms with E-state index in [0.717, 1.165) is 17.2 Å². The summed E-state index contributed by atoms with van der Waals surface area (Å²) < 4.78 is 15.6. The maximum Gasteiger partial charge on any atom is 0.328 e. The molecule has 2 aromatic rings. The van der Waals surface area contributed by atoms with Crippen molar-refractivity contribution in [2.45, 2.75) is 25.8 Å². The molecule has 0 aliphatic heterocycles. The van der Waals surface area contributed by atoms with Gasteiger partial charge >= 0.3 is 5.97 Å². The third-order valence-electron chi connectivity index (χ3n) is 3.26. The first-order valence-electron chi connectivity index (χ1n) is 7.32. The standard InChI is InChI=1S/C17H21NO4/c1-3-21-17(19)16(11-10-15-5-4-12-22-15)18-13-6-8-14(20-2)9-7-13/h4-9,12,16,18H,3,10-11H2,1-2H3. The van der Waals surface area contributed by atoms with E-state index in [0.29, 0.717) is 19.4 Å². The Kier molecular flexibility index (Phi) is 5.89. The molecular formula is C17H21NO4. The van der Waals surface area contributed by atoms with Crippen molar-refractivity contribution in [3.8, 4) is 5.75 Å². The molecule has 0 spiro atoms. The predicted octanol–water partition coefficient (Wildman–Crippen LogP) is 3.26. The summed E-state index contributed by atoms with van der Waals surface area (Å²) in [6.45, 7) is 2.16. The number of anilines is 1. The second kappa shape index (κ2) is 8.12. The lowest BCUT2D eigenvalue weighted by Crippen LogP contribution is -2.32. The highest BCUT2D eigenvalue weighted by Gasteiger charge is 2.20. The molecule has 0 radical (unpaired) electrons. The summed E-state index contributed by atoms with van der Waals surface area (Å²) in [4.78, 5) is 12.1. The van der Waals surface area contributed by atoms with Crippen LogP contribution in [-0.4, -0.2) is 25.7 Å². The first-order chi connectivity index (χ1) is 10.7. The first-order valence-corrected chi connectivity index (χ1v) is 7.32. The smallest absolute Gasteiger partial charge is 0.328 e. The largest absolute Gasteiger partial charge is 0.497 e. The highest BCUT2D eigenvalue weighted by atomic mass is 16.5. The number of carbonyl (C=O) groups excluding carboxylic acids is 1. The molecule has 0 aliphatic carbocycles.